The van der Waals surface area contributed by atoms with E-state index in [1.54, 1.807) is 4.57 Å². The van der Waals surface area contributed by atoms with E-state index in [1.807, 2.05) is 0 Å². The molecule has 0 saturated carbocycles. The number of rotatable bonds is 2. The lowest BCUT2D eigenvalue weighted by atomic mass is 9.90. The normalized spacial score (nSPS) is 35.4. The van der Waals surface area contributed by atoms with Gasteiger partial charge in [-0.25, -0.2) is 15.0 Å². The molecule has 9 heteroatoms. The highest BCUT2D eigenvalue weighted by molar-refractivity contribution is 5.81. The van der Waals surface area contributed by atoms with Crippen LogP contribution in [-0.2, 0) is 9.47 Å². The Labute approximate surface area is 119 Å². The van der Waals surface area contributed by atoms with Crippen molar-refractivity contribution < 1.29 is 19.7 Å². The summed E-state index contributed by atoms with van der Waals surface area (Å²) in [5.74, 6) is 0.276. The number of aliphatic hydroxyl groups excluding tert-OH is 2. The number of hydrogen-bond acceptors (Lipinski definition) is 8. The van der Waals surface area contributed by atoms with Gasteiger partial charge in [0.15, 0.2) is 17.7 Å². The molecule has 0 spiro atoms. The van der Waals surface area contributed by atoms with E-state index >= 15 is 0 Å². The molecule has 0 amide bonds. The SMILES string of the molecule is Nc1ncnc2c1ncn2C1OC2(CO)CCOC1C2O. The molecule has 4 heterocycles. The van der Waals surface area contributed by atoms with Gasteiger partial charge in [-0.05, 0) is 0 Å². The molecular weight excluding hydrogens is 278 g/mol. The second-order valence-electron chi connectivity index (χ2n) is 5.34. The summed E-state index contributed by atoms with van der Waals surface area (Å²) >= 11 is 0. The number of imidazole rings is 1. The number of hydrogen-bond donors (Lipinski definition) is 3. The maximum atomic E-state index is 10.4. The van der Waals surface area contributed by atoms with E-state index in [1.165, 1.54) is 12.7 Å². The second kappa shape index (κ2) is 4.34. The molecule has 2 fully saturated rings. The molecule has 2 aliphatic heterocycles. The third-order valence-corrected chi connectivity index (χ3v) is 4.25. The Morgan fingerprint density at radius 1 is 1.43 bits per heavy atom. The predicted molar refractivity (Wildman–Crippen MR) is 70.0 cm³/mol. The molecule has 21 heavy (non-hydrogen) atoms. The maximum Gasteiger partial charge on any atom is 0.167 e. The minimum atomic E-state index is -0.997. The molecule has 0 aromatic carbocycles. The van der Waals surface area contributed by atoms with Crippen LogP contribution in [0.2, 0.25) is 0 Å². The Balaban J connectivity index is 1.81. The summed E-state index contributed by atoms with van der Waals surface area (Å²) < 4.78 is 13.2. The molecule has 0 radical (unpaired) electrons. The van der Waals surface area contributed by atoms with Crippen LogP contribution >= 0.6 is 0 Å². The highest BCUT2D eigenvalue weighted by atomic mass is 16.6. The summed E-state index contributed by atoms with van der Waals surface area (Å²) in [4.78, 5) is 12.2. The van der Waals surface area contributed by atoms with Gasteiger partial charge in [-0.3, -0.25) is 4.57 Å². The van der Waals surface area contributed by atoms with E-state index in [-0.39, 0.29) is 12.4 Å². The minimum absolute atomic E-state index is 0.270. The van der Waals surface area contributed by atoms with E-state index in [4.69, 9.17) is 15.2 Å². The van der Waals surface area contributed by atoms with E-state index in [9.17, 15) is 10.2 Å². The van der Waals surface area contributed by atoms with E-state index in [0.717, 1.165) is 0 Å². The topological polar surface area (TPSA) is 129 Å². The van der Waals surface area contributed by atoms with Gasteiger partial charge in [0.1, 0.15) is 29.7 Å². The van der Waals surface area contributed by atoms with Crippen molar-refractivity contribution in [3.8, 4) is 0 Å². The fourth-order valence-corrected chi connectivity index (χ4v) is 3.06. The summed E-state index contributed by atoms with van der Waals surface area (Å²) in [5.41, 5.74) is 5.74. The van der Waals surface area contributed by atoms with E-state index < -0.39 is 24.0 Å². The van der Waals surface area contributed by atoms with Crippen molar-refractivity contribution >= 4 is 17.0 Å². The Hall–Kier alpha value is -1.81. The van der Waals surface area contributed by atoms with Crippen LogP contribution < -0.4 is 5.73 Å². The monoisotopic (exact) mass is 293 g/mol. The smallest absolute Gasteiger partial charge is 0.167 e. The fourth-order valence-electron chi connectivity index (χ4n) is 3.06. The standard InChI is InChI=1S/C12H15N5O4/c13-9-6-10(15-4-14-9)17(5-16-6)11-7-8(19)12(3-18,21-11)1-2-20-7/h4-5,7-8,11,18-19H,1-3H2,(H2,13,14,15). The average Bonchev–Trinajstić information content (AvgIpc) is 2.96. The lowest BCUT2D eigenvalue weighted by molar-refractivity contribution is -0.143. The molecule has 4 rings (SSSR count). The molecule has 112 valence electrons. The fraction of sp³-hybridized carbons (Fsp3) is 0.583. The minimum Gasteiger partial charge on any atom is -0.393 e. The summed E-state index contributed by atoms with van der Waals surface area (Å²) in [5, 5.41) is 20.0. The van der Waals surface area contributed by atoms with Gasteiger partial charge in [-0.2, -0.15) is 0 Å². The number of nitrogens with two attached hydrogens (primary N) is 1. The first kappa shape index (κ1) is 12.9. The van der Waals surface area contributed by atoms with E-state index in [2.05, 4.69) is 15.0 Å². The van der Waals surface area contributed by atoms with Gasteiger partial charge in [0.05, 0.1) is 19.5 Å². The van der Waals surface area contributed by atoms with Crippen molar-refractivity contribution in [3.05, 3.63) is 12.7 Å². The lowest BCUT2D eigenvalue weighted by Gasteiger charge is -2.33. The first-order chi connectivity index (χ1) is 10.2. The van der Waals surface area contributed by atoms with Crippen LogP contribution in [0.15, 0.2) is 12.7 Å². The molecule has 4 N–H and O–H groups in total. The third kappa shape index (κ3) is 1.62. The summed E-state index contributed by atoms with van der Waals surface area (Å²) in [6.07, 6.45) is 1.20. The van der Waals surface area contributed by atoms with Crippen LogP contribution in [0.3, 0.4) is 0 Å². The lowest BCUT2D eigenvalue weighted by Crippen LogP contribution is -2.51. The largest absolute Gasteiger partial charge is 0.393 e. The molecule has 2 aliphatic rings. The van der Waals surface area contributed by atoms with Crippen LogP contribution in [0.1, 0.15) is 12.6 Å². The Bertz CT molecular complexity index is 691. The summed E-state index contributed by atoms with van der Waals surface area (Å²) in [7, 11) is 0. The number of aromatic nitrogens is 4. The molecule has 4 atom stereocenters. The Morgan fingerprint density at radius 2 is 2.29 bits per heavy atom. The van der Waals surface area contributed by atoms with Crippen molar-refractivity contribution in [2.24, 2.45) is 0 Å². The number of aliphatic hydroxyl groups is 2. The van der Waals surface area contributed by atoms with Crippen molar-refractivity contribution in [2.75, 3.05) is 18.9 Å². The first-order valence-electron chi connectivity index (χ1n) is 6.68. The van der Waals surface area contributed by atoms with Gasteiger partial charge in [0.25, 0.3) is 0 Å². The molecule has 2 aromatic rings. The molecule has 0 aliphatic carbocycles. The van der Waals surface area contributed by atoms with E-state index in [0.29, 0.717) is 24.2 Å². The summed E-state index contributed by atoms with van der Waals surface area (Å²) in [6, 6.07) is 0. The zero-order chi connectivity index (χ0) is 14.6. The van der Waals surface area contributed by atoms with Gasteiger partial charge in [-0.1, -0.05) is 0 Å². The van der Waals surface area contributed by atoms with Crippen LogP contribution in [0, 0.1) is 0 Å². The molecule has 2 aromatic heterocycles. The molecule has 2 saturated heterocycles. The van der Waals surface area contributed by atoms with Crippen molar-refractivity contribution in [1.82, 2.24) is 19.5 Å². The van der Waals surface area contributed by atoms with Crippen LogP contribution in [-0.4, -0.2) is 60.8 Å². The van der Waals surface area contributed by atoms with Crippen molar-refractivity contribution in [3.63, 3.8) is 0 Å². The maximum absolute atomic E-state index is 10.4. The number of ether oxygens (including phenoxy) is 2. The van der Waals surface area contributed by atoms with Gasteiger partial charge in [0.2, 0.25) is 0 Å². The van der Waals surface area contributed by atoms with Gasteiger partial charge >= 0.3 is 0 Å². The second-order valence-corrected chi connectivity index (χ2v) is 5.34. The summed E-state index contributed by atoms with van der Waals surface area (Å²) in [6.45, 7) is 0.150. The third-order valence-electron chi connectivity index (χ3n) is 4.25. The molecule has 9 nitrogen and oxygen atoms in total. The van der Waals surface area contributed by atoms with Crippen molar-refractivity contribution in [2.45, 2.75) is 30.5 Å². The highest BCUT2D eigenvalue weighted by Gasteiger charge is 2.58. The average molecular weight is 293 g/mol. The number of nitrogen functional groups attached to an aromatic ring is 1. The quantitative estimate of drug-likeness (QED) is 0.631. The predicted octanol–water partition coefficient (Wildman–Crippen LogP) is -1.18. The van der Waals surface area contributed by atoms with Gasteiger partial charge in [0, 0.05) is 6.42 Å². The number of nitrogens with zero attached hydrogens (tertiary/aromatic N) is 4. The number of fused-ring (bicyclic) bond motifs is 3. The Kier molecular flexibility index (Phi) is 2.67. The first-order valence-corrected chi connectivity index (χ1v) is 6.68. The van der Waals surface area contributed by atoms with Crippen LogP contribution in [0.5, 0.6) is 0 Å². The van der Waals surface area contributed by atoms with Gasteiger partial charge in [-0.15, -0.1) is 0 Å². The molecule has 2 bridgehead atoms. The zero-order valence-electron chi connectivity index (χ0n) is 11.1. The van der Waals surface area contributed by atoms with Crippen molar-refractivity contribution in [1.29, 1.82) is 0 Å². The highest BCUT2D eigenvalue weighted by Crippen LogP contribution is 2.44. The van der Waals surface area contributed by atoms with Crippen LogP contribution in [0.25, 0.3) is 11.2 Å². The number of anilines is 1. The van der Waals surface area contributed by atoms with Gasteiger partial charge < -0.3 is 25.4 Å². The molecular formula is C12H15N5O4. The Morgan fingerprint density at radius 3 is 3.05 bits per heavy atom. The zero-order valence-corrected chi connectivity index (χ0v) is 11.1. The molecule has 4 unspecified atom stereocenters. The van der Waals surface area contributed by atoms with Crippen LogP contribution in [0.4, 0.5) is 5.82 Å².